The average molecular weight is 201 g/mol. The highest BCUT2D eigenvalue weighted by Gasteiger charge is 2.25. The molecule has 1 aliphatic heterocycles. The molecule has 0 amide bonds. The van der Waals surface area contributed by atoms with Crippen molar-refractivity contribution in [2.75, 3.05) is 18.8 Å². The van der Waals surface area contributed by atoms with E-state index in [1.54, 1.807) is 0 Å². The molecule has 1 aliphatic rings. The molecule has 0 aromatic carbocycles. The molecular formula is C9H15NO2S. The van der Waals surface area contributed by atoms with Gasteiger partial charge in [0.1, 0.15) is 5.75 Å². The van der Waals surface area contributed by atoms with E-state index in [4.69, 9.17) is 6.42 Å². The average Bonchev–Trinajstić information content (AvgIpc) is 2.05. The second-order valence-corrected chi connectivity index (χ2v) is 5.51. The number of terminal acetylenes is 1. The lowest BCUT2D eigenvalue weighted by Crippen LogP contribution is -2.38. The van der Waals surface area contributed by atoms with Gasteiger partial charge in [-0.25, -0.2) is 12.7 Å². The molecule has 0 aliphatic carbocycles. The molecule has 0 aromatic rings. The van der Waals surface area contributed by atoms with Gasteiger partial charge in [-0.3, -0.25) is 0 Å². The first-order chi connectivity index (χ1) is 6.06. The summed E-state index contributed by atoms with van der Waals surface area (Å²) in [6, 6.07) is 0. The van der Waals surface area contributed by atoms with Gasteiger partial charge in [0.15, 0.2) is 0 Å². The topological polar surface area (TPSA) is 37.4 Å². The third-order valence-corrected chi connectivity index (χ3v) is 4.09. The number of hydrogen-bond donors (Lipinski definition) is 0. The molecule has 0 atom stereocenters. The zero-order chi connectivity index (χ0) is 9.90. The molecular weight excluding hydrogens is 186 g/mol. The maximum atomic E-state index is 11.5. The molecule has 0 radical (unpaired) electrons. The molecule has 1 fully saturated rings. The summed E-state index contributed by atoms with van der Waals surface area (Å²) in [4.78, 5) is 0. The summed E-state index contributed by atoms with van der Waals surface area (Å²) < 4.78 is 24.5. The van der Waals surface area contributed by atoms with E-state index in [0.29, 0.717) is 19.0 Å². The standard InChI is InChI=1S/C9H15NO2S/c1-3-8-13(11,12)10-6-4-9(2)5-7-10/h1,9H,4-8H2,2H3. The van der Waals surface area contributed by atoms with Crippen LogP contribution >= 0.6 is 0 Å². The monoisotopic (exact) mass is 201 g/mol. The van der Waals surface area contributed by atoms with Gasteiger partial charge >= 0.3 is 0 Å². The van der Waals surface area contributed by atoms with Crippen LogP contribution in [0.4, 0.5) is 0 Å². The Kier molecular flexibility index (Phi) is 3.34. The number of sulfonamides is 1. The molecule has 1 heterocycles. The molecule has 0 bridgehead atoms. The number of hydrogen-bond acceptors (Lipinski definition) is 2. The summed E-state index contributed by atoms with van der Waals surface area (Å²) in [5.41, 5.74) is 0. The van der Waals surface area contributed by atoms with Gasteiger partial charge in [0.2, 0.25) is 10.0 Å². The number of nitrogens with zero attached hydrogens (tertiary/aromatic N) is 1. The fourth-order valence-corrected chi connectivity index (χ4v) is 2.62. The van der Waals surface area contributed by atoms with E-state index in [9.17, 15) is 8.42 Å². The van der Waals surface area contributed by atoms with Crippen molar-refractivity contribution in [2.24, 2.45) is 5.92 Å². The van der Waals surface area contributed by atoms with Crippen LogP contribution in [0.2, 0.25) is 0 Å². The van der Waals surface area contributed by atoms with Crippen molar-refractivity contribution in [3.05, 3.63) is 0 Å². The highest BCUT2D eigenvalue weighted by Crippen LogP contribution is 2.18. The van der Waals surface area contributed by atoms with Crippen LogP contribution in [0, 0.1) is 18.3 Å². The summed E-state index contributed by atoms with van der Waals surface area (Å²) in [6.07, 6.45) is 6.89. The Morgan fingerprint density at radius 1 is 1.46 bits per heavy atom. The second-order valence-electron chi connectivity index (χ2n) is 3.54. The van der Waals surface area contributed by atoms with Gasteiger partial charge in [-0.15, -0.1) is 6.42 Å². The van der Waals surface area contributed by atoms with E-state index in [2.05, 4.69) is 12.8 Å². The van der Waals surface area contributed by atoms with Crippen LogP contribution in [-0.2, 0) is 10.0 Å². The Morgan fingerprint density at radius 3 is 2.46 bits per heavy atom. The van der Waals surface area contributed by atoms with Crippen molar-refractivity contribution >= 4 is 10.0 Å². The first kappa shape index (κ1) is 10.6. The lowest BCUT2D eigenvalue weighted by Gasteiger charge is -2.28. The number of rotatable bonds is 2. The molecule has 0 unspecified atom stereocenters. The Hall–Kier alpha value is -0.530. The van der Waals surface area contributed by atoms with Crippen LogP contribution in [0.25, 0.3) is 0 Å². The van der Waals surface area contributed by atoms with Crippen molar-refractivity contribution in [2.45, 2.75) is 19.8 Å². The Balaban J connectivity index is 2.59. The van der Waals surface area contributed by atoms with Crippen molar-refractivity contribution in [3.63, 3.8) is 0 Å². The highest BCUT2D eigenvalue weighted by molar-refractivity contribution is 7.89. The van der Waals surface area contributed by atoms with E-state index < -0.39 is 10.0 Å². The van der Waals surface area contributed by atoms with E-state index in [1.807, 2.05) is 0 Å². The van der Waals surface area contributed by atoms with Gasteiger partial charge in [-0.2, -0.15) is 0 Å². The molecule has 0 N–H and O–H groups in total. The summed E-state index contributed by atoms with van der Waals surface area (Å²) in [5.74, 6) is 2.66. The first-order valence-corrected chi connectivity index (χ1v) is 6.08. The summed E-state index contributed by atoms with van der Waals surface area (Å²) >= 11 is 0. The normalized spacial score (nSPS) is 21.2. The third kappa shape index (κ3) is 2.71. The zero-order valence-electron chi connectivity index (χ0n) is 7.86. The maximum Gasteiger partial charge on any atom is 0.225 e. The van der Waals surface area contributed by atoms with Gasteiger partial charge in [-0.05, 0) is 18.8 Å². The van der Waals surface area contributed by atoms with Crippen LogP contribution in [0.3, 0.4) is 0 Å². The number of piperidine rings is 1. The van der Waals surface area contributed by atoms with Gasteiger partial charge < -0.3 is 0 Å². The zero-order valence-corrected chi connectivity index (χ0v) is 8.68. The SMILES string of the molecule is C#CCS(=O)(=O)N1CCC(C)CC1. The first-order valence-electron chi connectivity index (χ1n) is 4.47. The molecule has 0 spiro atoms. The molecule has 1 rings (SSSR count). The minimum absolute atomic E-state index is 0.165. The van der Waals surface area contributed by atoms with E-state index in [-0.39, 0.29) is 5.75 Å². The van der Waals surface area contributed by atoms with Crippen LogP contribution < -0.4 is 0 Å². The van der Waals surface area contributed by atoms with Crippen LogP contribution in [0.15, 0.2) is 0 Å². The molecule has 74 valence electrons. The van der Waals surface area contributed by atoms with Gasteiger partial charge in [0, 0.05) is 13.1 Å². The predicted molar refractivity (Wildman–Crippen MR) is 52.6 cm³/mol. The molecule has 4 heteroatoms. The minimum atomic E-state index is -3.16. The molecule has 13 heavy (non-hydrogen) atoms. The molecule has 0 aromatic heterocycles. The quantitative estimate of drug-likeness (QED) is 0.616. The maximum absolute atomic E-state index is 11.5. The van der Waals surface area contributed by atoms with Gasteiger partial charge in [0.05, 0.1) is 0 Å². The van der Waals surface area contributed by atoms with Crippen LogP contribution in [-0.4, -0.2) is 31.6 Å². The van der Waals surface area contributed by atoms with Crippen LogP contribution in [0.5, 0.6) is 0 Å². The molecule has 1 saturated heterocycles. The largest absolute Gasteiger partial charge is 0.225 e. The summed E-state index contributed by atoms with van der Waals surface area (Å²) in [5, 5.41) is 0. The van der Waals surface area contributed by atoms with E-state index >= 15 is 0 Å². The third-order valence-electron chi connectivity index (χ3n) is 2.40. The fourth-order valence-electron chi connectivity index (χ4n) is 1.46. The Labute approximate surface area is 80.2 Å². The second kappa shape index (κ2) is 4.12. The Bertz CT molecular complexity index is 294. The van der Waals surface area contributed by atoms with E-state index in [1.165, 1.54) is 4.31 Å². The molecule has 0 saturated carbocycles. The highest BCUT2D eigenvalue weighted by atomic mass is 32.2. The van der Waals surface area contributed by atoms with Crippen molar-refractivity contribution < 1.29 is 8.42 Å². The predicted octanol–water partition coefficient (Wildman–Crippen LogP) is 0.681. The van der Waals surface area contributed by atoms with Gasteiger partial charge in [-0.1, -0.05) is 12.8 Å². The fraction of sp³-hybridized carbons (Fsp3) is 0.778. The molecule has 3 nitrogen and oxygen atoms in total. The summed E-state index contributed by atoms with van der Waals surface area (Å²) in [6.45, 7) is 3.40. The lowest BCUT2D eigenvalue weighted by atomic mass is 10.0. The lowest BCUT2D eigenvalue weighted by molar-refractivity contribution is 0.289. The van der Waals surface area contributed by atoms with Crippen molar-refractivity contribution in [3.8, 4) is 12.3 Å². The van der Waals surface area contributed by atoms with E-state index in [0.717, 1.165) is 12.8 Å². The minimum Gasteiger partial charge on any atom is -0.211 e. The smallest absolute Gasteiger partial charge is 0.211 e. The van der Waals surface area contributed by atoms with Gasteiger partial charge in [0.25, 0.3) is 0 Å². The van der Waals surface area contributed by atoms with Crippen molar-refractivity contribution in [1.82, 2.24) is 4.31 Å². The van der Waals surface area contributed by atoms with Crippen molar-refractivity contribution in [1.29, 1.82) is 0 Å². The Morgan fingerprint density at radius 2 is 2.00 bits per heavy atom. The van der Waals surface area contributed by atoms with Crippen LogP contribution in [0.1, 0.15) is 19.8 Å². The summed E-state index contributed by atoms with van der Waals surface area (Å²) in [7, 11) is -3.16.